The topological polar surface area (TPSA) is 65.8 Å². The Labute approximate surface area is 186 Å². The van der Waals surface area contributed by atoms with E-state index in [1.807, 2.05) is 95.8 Å². The SMILES string of the molecule is CN(C)c1ccc(NC(=O)CC(C)(C)C)cc1CN(Cc1ccco1)C(=O)C(C)(C)C. The fraction of sp³-hybridized carbons (Fsp3) is 0.520. The summed E-state index contributed by atoms with van der Waals surface area (Å²) in [4.78, 5) is 29.5. The maximum absolute atomic E-state index is 13.2. The molecule has 1 heterocycles. The van der Waals surface area contributed by atoms with Crippen molar-refractivity contribution in [2.75, 3.05) is 24.3 Å². The fourth-order valence-electron chi connectivity index (χ4n) is 3.38. The summed E-state index contributed by atoms with van der Waals surface area (Å²) in [7, 11) is 3.94. The van der Waals surface area contributed by atoms with Crippen LogP contribution in [0.15, 0.2) is 41.0 Å². The molecule has 0 spiro atoms. The predicted molar refractivity (Wildman–Crippen MR) is 126 cm³/mol. The number of amides is 2. The second-order valence-electron chi connectivity index (χ2n) is 10.5. The molecule has 0 fully saturated rings. The quantitative estimate of drug-likeness (QED) is 0.651. The molecule has 1 aromatic heterocycles. The van der Waals surface area contributed by atoms with E-state index >= 15 is 0 Å². The minimum atomic E-state index is -0.524. The molecule has 0 bridgehead atoms. The summed E-state index contributed by atoms with van der Waals surface area (Å²) in [5.41, 5.74) is 2.08. The molecule has 1 N–H and O–H groups in total. The van der Waals surface area contributed by atoms with Gasteiger partial charge in [-0.25, -0.2) is 0 Å². The van der Waals surface area contributed by atoms with E-state index < -0.39 is 5.41 Å². The number of anilines is 2. The molecule has 1 aromatic carbocycles. The van der Waals surface area contributed by atoms with Crippen LogP contribution in [0.4, 0.5) is 11.4 Å². The Morgan fingerprint density at radius 2 is 1.68 bits per heavy atom. The van der Waals surface area contributed by atoms with Gasteiger partial charge in [0.1, 0.15) is 5.76 Å². The van der Waals surface area contributed by atoms with Crippen molar-refractivity contribution in [3.8, 4) is 0 Å². The number of carbonyl (C=O) groups is 2. The molecule has 0 saturated carbocycles. The van der Waals surface area contributed by atoms with E-state index in [4.69, 9.17) is 4.42 Å². The summed E-state index contributed by atoms with van der Waals surface area (Å²) < 4.78 is 5.50. The lowest BCUT2D eigenvalue weighted by atomic mass is 9.92. The van der Waals surface area contributed by atoms with Crippen LogP contribution in [0.1, 0.15) is 59.3 Å². The Balaban J connectivity index is 2.34. The molecule has 6 nitrogen and oxygen atoms in total. The van der Waals surface area contributed by atoms with Crippen LogP contribution in [-0.2, 0) is 22.7 Å². The van der Waals surface area contributed by atoms with E-state index in [1.165, 1.54) is 0 Å². The van der Waals surface area contributed by atoms with Crippen molar-refractivity contribution in [2.24, 2.45) is 10.8 Å². The molecule has 0 unspecified atom stereocenters. The first-order valence-electron chi connectivity index (χ1n) is 10.7. The third-order valence-electron chi connectivity index (χ3n) is 4.75. The van der Waals surface area contributed by atoms with Crippen LogP contribution in [0.2, 0.25) is 0 Å². The van der Waals surface area contributed by atoms with Crippen LogP contribution < -0.4 is 10.2 Å². The Hall–Kier alpha value is -2.76. The van der Waals surface area contributed by atoms with Crippen LogP contribution in [0.25, 0.3) is 0 Å². The minimum absolute atomic E-state index is 0.0192. The zero-order valence-corrected chi connectivity index (χ0v) is 20.2. The average Bonchev–Trinajstić information content (AvgIpc) is 3.11. The molecule has 0 aliphatic rings. The van der Waals surface area contributed by atoms with Gasteiger partial charge in [-0.15, -0.1) is 0 Å². The molecular weight excluding hydrogens is 390 g/mol. The lowest BCUT2D eigenvalue weighted by Crippen LogP contribution is -2.38. The maximum Gasteiger partial charge on any atom is 0.228 e. The van der Waals surface area contributed by atoms with Gasteiger partial charge in [-0.1, -0.05) is 41.5 Å². The van der Waals surface area contributed by atoms with Crippen molar-refractivity contribution in [2.45, 2.75) is 61.1 Å². The zero-order valence-electron chi connectivity index (χ0n) is 20.2. The Kier molecular flexibility index (Phi) is 7.58. The van der Waals surface area contributed by atoms with Crippen molar-refractivity contribution in [1.82, 2.24) is 4.90 Å². The first-order chi connectivity index (χ1) is 14.3. The van der Waals surface area contributed by atoms with Crippen molar-refractivity contribution in [1.29, 1.82) is 0 Å². The van der Waals surface area contributed by atoms with Gasteiger partial charge < -0.3 is 19.5 Å². The lowest BCUT2D eigenvalue weighted by molar-refractivity contribution is -0.141. The summed E-state index contributed by atoms with van der Waals surface area (Å²) in [5, 5.41) is 3.00. The van der Waals surface area contributed by atoms with Crippen LogP contribution in [0.5, 0.6) is 0 Å². The molecule has 0 radical (unpaired) electrons. The number of hydrogen-bond donors (Lipinski definition) is 1. The van der Waals surface area contributed by atoms with Crippen LogP contribution in [0.3, 0.4) is 0 Å². The van der Waals surface area contributed by atoms with Gasteiger partial charge in [-0.2, -0.15) is 0 Å². The van der Waals surface area contributed by atoms with Gasteiger partial charge in [-0.05, 0) is 41.3 Å². The van der Waals surface area contributed by atoms with Crippen molar-refractivity contribution in [3.63, 3.8) is 0 Å². The van der Waals surface area contributed by atoms with E-state index in [9.17, 15) is 9.59 Å². The van der Waals surface area contributed by atoms with Crippen LogP contribution >= 0.6 is 0 Å². The molecule has 2 rings (SSSR count). The molecule has 2 amide bonds. The highest BCUT2D eigenvalue weighted by molar-refractivity contribution is 5.91. The average molecular weight is 428 g/mol. The van der Waals surface area contributed by atoms with Gasteiger partial charge in [0.2, 0.25) is 11.8 Å². The van der Waals surface area contributed by atoms with Crippen molar-refractivity contribution < 1.29 is 14.0 Å². The Bertz CT molecular complexity index is 888. The summed E-state index contributed by atoms with van der Waals surface area (Å²) in [6.07, 6.45) is 2.05. The van der Waals surface area contributed by atoms with E-state index in [0.717, 1.165) is 22.7 Å². The first kappa shape index (κ1) is 24.5. The number of nitrogens with one attached hydrogen (secondary N) is 1. The Morgan fingerprint density at radius 3 is 2.19 bits per heavy atom. The number of hydrogen-bond acceptors (Lipinski definition) is 4. The van der Waals surface area contributed by atoms with Gasteiger partial charge in [0.05, 0.1) is 12.8 Å². The lowest BCUT2D eigenvalue weighted by Gasteiger charge is -2.30. The first-order valence-corrected chi connectivity index (χ1v) is 10.7. The highest BCUT2D eigenvalue weighted by Crippen LogP contribution is 2.28. The summed E-state index contributed by atoms with van der Waals surface area (Å²) in [6, 6.07) is 9.54. The van der Waals surface area contributed by atoms with Gasteiger partial charge in [0, 0.05) is 43.9 Å². The van der Waals surface area contributed by atoms with E-state index in [0.29, 0.717) is 19.5 Å². The smallest absolute Gasteiger partial charge is 0.228 e. The Morgan fingerprint density at radius 1 is 1.00 bits per heavy atom. The number of nitrogens with zero attached hydrogens (tertiary/aromatic N) is 2. The fourth-order valence-corrected chi connectivity index (χ4v) is 3.38. The van der Waals surface area contributed by atoms with E-state index in [1.54, 1.807) is 6.26 Å². The van der Waals surface area contributed by atoms with Gasteiger partial charge in [0.25, 0.3) is 0 Å². The molecule has 170 valence electrons. The van der Waals surface area contributed by atoms with Gasteiger partial charge in [0.15, 0.2) is 0 Å². The standard InChI is InChI=1S/C25H37N3O3/c1-24(2,3)15-22(29)26-19-11-12-21(27(7)8)18(14-19)16-28(23(30)25(4,5)6)17-20-10-9-13-31-20/h9-14H,15-17H2,1-8H3,(H,26,29). The largest absolute Gasteiger partial charge is 0.467 e. The number of carbonyl (C=O) groups excluding carboxylic acids is 2. The molecular formula is C25H37N3O3. The summed E-state index contributed by atoms with van der Waals surface area (Å²) >= 11 is 0. The van der Waals surface area contributed by atoms with Crippen LogP contribution in [0, 0.1) is 10.8 Å². The zero-order chi connectivity index (χ0) is 23.4. The third-order valence-corrected chi connectivity index (χ3v) is 4.75. The molecule has 31 heavy (non-hydrogen) atoms. The minimum Gasteiger partial charge on any atom is -0.467 e. The molecule has 0 aliphatic carbocycles. The normalized spacial score (nSPS) is 11.9. The van der Waals surface area contributed by atoms with E-state index in [-0.39, 0.29) is 17.2 Å². The number of benzene rings is 1. The highest BCUT2D eigenvalue weighted by atomic mass is 16.3. The van der Waals surface area contributed by atoms with E-state index in [2.05, 4.69) is 5.32 Å². The number of rotatable bonds is 7. The summed E-state index contributed by atoms with van der Waals surface area (Å²) in [6.45, 7) is 12.7. The molecule has 0 atom stereocenters. The van der Waals surface area contributed by atoms with Gasteiger partial charge >= 0.3 is 0 Å². The van der Waals surface area contributed by atoms with Crippen molar-refractivity contribution >= 4 is 23.2 Å². The summed E-state index contributed by atoms with van der Waals surface area (Å²) in [5.74, 6) is 0.753. The second kappa shape index (κ2) is 9.58. The van der Waals surface area contributed by atoms with Crippen LogP contribution in [-0.4, -0.2) is 30.8 Å². The molecule has 6 heteroatoms. The number of furan rings is 1. The van der Waals surface area contributed by atoms with Crippen molar-refractivity contribution in [3.05, 3.63) is 47.9 Å². The third kappa shape index (κ3) is 7.46. The molecule has 0 saturated heterocycles. The maximum atomic E-state index is 13.2. The molecule has 0 aliphatic heterocycles. The predicted octanol–water partition coefficient (Wildman–Crippen LogP) is 5.30. The van der Waals surface area contributed by atoms with Gasteiger partial charge in [-0.3, -0.25) is 9.59 Å². The highest BCUT2D eigenvalue weighted by Gasteiger charge is 2.29. The second-order valence-corrected chi connectivity index (χ2v) is 10.5. The monoisotopic (exact) mass is 427 g/mol. The molecule has 2 aromatic rings.